The maximum Gasteiger partial charge on any atom is 0.276 e. The van der Waals surface area contributed by atoms with Gasteiger partial charge >= 0.3 is 0 Å². The highest BCUT2D eigenvalue weighted by molar-refractivity contribution is 7.91. The maximum atomic E-state index is 12.3. The number of sulfonamides is 1. The first-order valence-corrected chi connectivity index (χ1v) is 8.44. The van der Waals surface area contributed by atoms with Crippen LogP contribution in [0.15, 0.2) is 59.5 Å². The highest BCUT2D eigenvalue weighted by Gasteiger charge is 2.45. The first-order valence-electron chi connectivity index (χ1n) is 6.60. The summed E-state index contributed by atoms with van der Waals surface area (Å²) in [6, 6.07) is 13.6. The van der Waals surface area contributed by atoms with Gasteiger partial charge in [0.15, 0.2) is 5.11 Å². The summed E-state index contributed by atoms with van der Waals surface area (Å²) in [6.07, 6.45) is 0. The van der Waals surface area contributed by atoms with Crippen LogP contribution in [0.3, 0.4) is 0 Å². The lowest BCUT2D eigenvalue weighted by Crippen LogP contribution is -2.36. The molecule has 0 atom stereocenters. The van der Waals surface area contributed by atoms with E-state index >= 15 is 0 Å². The molecule has 0 spiro atoms. The Hall–Kier alpha value is -2.78. The van der Waals surface area contributed by atoms with Gasteiger partial charge in [0, 0.05) is 5.56 Å². The second kappa shape index (κ2) is 6.77. The van der Waals surface area contributed by atoms with Crippen molar-refractivity contribution >= 4 is 39.2 Å². The Morgan fingerprint density at radius 2 is 1.46 bits per heavy atom. The molecule has 3 rings (SSSR count). The topological polar surface area (TPSA) is 124 Å². The molecule has 2 aromatic carbocycles. The van der Waals surface area contributed by atoms with E-state index in [-0.39, 0.29) is 21.1 Å². The number of thiocarbonyl (C=S) groups is 1. The predicted molar refractivity (Wildman–Crippen MR) is 91.5 cm³/mol. The summed E-state index contributed by atoms with van der Waals surface area (Å²) in [4.78, 5) is 24.3. The van der Waals surface area contributed by atoms with E-state index in [9.17, 15) is 18.0 Å². The molecule has 0 aliphatic carbocycles. The molecular weight excluding hydrogens is 350 g/mol. The number of carbonyl (C=O) groups excluding carboxylic acids is 2. The van der Waals surface area contributed by atoms with Gasteiger partial charge in [0.2, 0.25) is 0 Å². The minimum atomic E-state index is -4.11. The Balaban J connectivity index is 0.000000471. The SMILES string of the molecule is NC(N)=S.O=C(c1ccccc1)N1C(=O)c2ccccc2S1(=O)=O. The number of nitrogens with two attached hydrogens (primary N) is 2. The van der Waals surface area contributed by atoms with E-state index in [1.165, 1.54) is 30.3 Å². The molecule has 0 unspecified atom stereocenters. The predicted octanol–water partition coefficient (Wildman–Crippen LogP) is 0.860. The number of amides is 2. The lowest BCUT2D eigenvalue weighted by Gasteiger charge is -2.12. The number of nitrogens with zero attached hydrogens (tertiary/aromatic N) is 1. The number of carbonyl (C=O) groups is 2. The van der Waals surface area contributed by atoms with Gasteiger partial charge in [-0.3, -0.25) is 9.59 Å². The molecule has 1 aliphatic rings. The molecular formula is C15H13N3O4S2. The molecule has 124 valence electrons. The zero-order chi connectivity index (χ0) is 17.9. The Bertz CT molecular complexity index is 907. The Kier molecular flexibility index (Phi) is 4.96. The summed E-state index contributed by atoms with van der Waals surface area (Å²) in [5.74, 6) is -1.65. The lowest BCUT2D eigenvalue weighted by molar-refractivity contribution is 0.0740. The number of rotatable bonds is 1. The number of hydrogen-bond donors (Lipinski definition) is 2. The van der Waals surface area contributed by atoms with E-state index in [2.05, 4.69) is 23.7 Å². The molecule has 2 aromatic rings. The summed E-state index contributed by atoms with van der Waals surface area (Å²) in [5.41, 5.74) is 9.42. The minimum absolute atomic E-state index is 0.000000000000000222. The largest absolute Gasteiger partial charge is 0.377 e. The van der Waals surface area contributed by atoms with Crippen LogP contribution < -0.4 is 11.5 Å². The van der Waals surface area contributed by atoms with E-state index in [0.29, 0.717) is 4.31 Å². The van der Waals surface area contributed by atoms with Gasteiger partial charge in [-0.2, -0.15) is 4.31 Å². The molecule has 7 nitrogen and oxygen atoms in total. The van der Waals surface area contributed by atoms with Crippen molar-refractivity contribution in [3.63, 3.8) is 0 Å². The molecule has 0 saturated heterocycles. The highest BCUT2D eigenvalue weighted by atomic mass is 32.2. The first kappa shape index (κ1) is 17.6. The third-order valence-corrected chi connectivity index (χ3v) is 4.75. The molecule has 1 aliphatic heterocycles. The van der Waals surface area contributed by atoms with E-state index in [1.807, 2.05) is 0 Å². The smallest absolute Gasteiger partial charge is 0.276 e. The Labute approximate surface area is 143 Å². The highest BCUT2D eigenvalue weighted by Crippen LogP contribution is 2.31. The van der Waals surface area contributed by atoms with Crippen molar-refractivity contribution < 1.29 is 18.0 Å². The van der Waals surface area contributed by atoms with Crippen molar-refractivity contribution in [3.8, 4) is 0 Å². The van der Waals surface area contributed by atoms with E-state index in [1.54, 1.807) is 24.3 Å². The number of benzene rings is 2. The zero-order valence-corrected chi connectivity index (χ0v) is 13.9. The van der Waals surface area contributed by atoms with Crippen molar-refractivity contribution in [2.24, 2.45) is 11.5 Å². The van der Waals surface area contributed by atoms with Crippen LogP contribution in [-0.4, -0.2) is 29.6 Å². The van der Waals surface area contributed by atoms with Gasteiger partial charge < -0.3 is 11.5 Å². The van der Waals surface area contributed by atoms with Gasteiger partial charge in [0.25, 0.3) is 21.8 Å². The van der Waals surface area contributed by atoms with Gasteiger partial charge in [-0.25, -0.2) is 8.42 Å². The molecule has 0 bridgehead atoms. The summed E-state index contributed by atoms with van der Waals surface area (Å²) in [7, 11) is -4.11. The normalized spacial score (nSPS) is 14.3. The van der Waals surface area contributed by atoms with Crippen molar-refractivity contribution in [3.05, 3.63) is 65.7 Å². The third kappa shape index (κ3) is 3.26. The molecule has 1 heterocycles. The minimum Gasteiger partial charge on any atom is -0.377 e. The van der Waals surface area contributed by atoms with Crippen LogP contribution in [0.5, 0.6) is 0 Å². The molecule has 0 aromatic heterocycles. The van der Waals surface area contributed by atoms with Crippen LogP contribution in [0.2, 0.25) is 0 Å². The second-order valence-electron chi connectivity index (χ2n) is 4.64. The summed E-state index contributed by atoms with van der Waals surface area (Å²) >= 11 is 4.09. The average molecular weight is 363 g/mol. The molecule has 2 amide bonds. The van der Waals surface area contributed by atoms with Crippen LogP contribution in [0.25, 0.3) is 0 Å². The van der Waals surface area contributed by atoms with Crippen LogP contribution in [0.4, 0.5) is 0 Å². The molecule has 4 N–H and O–H groups in total. The molecule has 0 fully saturated rings. The third-order valence-electron chi connectivity index (χ3n) is 3.03. The second-order valence-corrected chi connectivity index (χ2v) is 6.87. The van der Waals surface area contributed by atoms with Crippen molar-refractivity contribution in [1.29, 1.82) is 0 Å². The van der Waals surface area contributed by atoms with Gasteiger partial charge in [0.05, 0.1) is 5.56 Å². The van der Waals surface area contributed by atoms with E-state index in [0.717, 1.165) is 0 Å². The summed E-state index contributed by atoms with van der Waals surface area (Å²) in [5, 5.41) is 0.000000000000000222. The number of hydrogen-bond acceptors (Lipinski definition) is 5. The summed E-state index contributed by atoms with van der Waals surface area (Å²) < 4.78 is 24.9. The fourth-order valence-electron chi connectivity index (χ4n) is 2.08. The molecule has 0 saturated carbocycles. The van der Waals surface area contributed by atoms with Crippen molar-refractivity contribution in [1.82, 2.24) is 4.31 Å². The van der Waals surface area contributed by atoms with Crippen molar-refractivity contribution in [2.75, 3.05) is 0 Å². The standard InChI is InChI=1S/C14H9NO4S.CH4N2S/c16-13(10-6-2-1-3-7-10)15-14(17)11-8-4-5-9-12(11)20(15,18)19;2-1(3)4/h1-9H;(H4,2,3,4). The maximum absolute atomic E-state index is 12.3. The molecule has 24 heavy (non-hydrogen) atoms. The fraction of sp³-hybridized carbons (Fsp3) is 0. The number of imide groups is 1. The molecule has 9 heteroatoms. The quantitative estimate of drug-likeness (QED) is 0.569. The van der Waals surface area contributed by atoms with Gasteiger partial charge in [-0.1, -0.05) is 30.3 Å². The van der Waals surface area contributed by atoms with Crippen LogP contribution in [0, 0.1) is 0 Å². The van der Waals surface area contributed by atoms with Gasteiger partial charge in [-0.05, 0) is 36.5 Å². The van der Waals surface area contributed by atoms with Crippen molar-refractivity contribution in [2.45, 2.75) is 4.90 Å². The lowest BCUT2D eigenvalue weighted by atomic mass is 10.2. The van der Waals surface area contributed by atoms with Gasteiger partial charge in [0.1, 0.15) is 4.90 Å². The summed E-state index contributed by atoms with van der Waals surface area (Å²) in [6.45, 7) is 0. The average Bonchev–Trinajstić information content (AvgIpc) is 2.74. The van der Waals surface area contributed by atoms with E-state index in [4.69, 9.17) is 0 Å². The fourth-order valence-corrected chi connectivity index (χ4v) is 3.61. The Morgan fingerprint density at radius 1 is 0.958 bits per heavy atom. The monoisotopic (exact) mass is 363 g/mol. The van der Waals surface area contributed by atoms with Gasteiger partial charge in [-0.15, -0.1) is 0 Å². The Morgan fingerprint density at radius 3 is 2.00 bits per heavy atom. The van der Waals surface area contributed by atoms with Crippen LogP contribution in [-0.2, 0) is 10.0 Å². The van der Waals surface area contributed by atoms with Crippen LogP contribution in [0.1, 0.15) is 20.7 Å². The number of fused-ring (bicyclic) bond motifs is 1. The van der Waals surface area contributed by atoms with E-state index < -0.39 is 21.8 Å². The zero-order valence-electron chi connectivity index (χ0n) is 12.2. The molecule has 0 radical (unpaired) electrons. The first-order chi connectivity index (χ1) is 11.3. The van der Waals surface area contributed by atoms with Crippen LogP contribution >= 0.6 is 12.2 Å².